The highest BCUT2D eigenvalue weighted by Crippen LogP contribution is 2.33. The third-order valence-corrected chi connectivity index (χ3v) is 7.22. The average molecular weight is 494 g/mol. The number of nitrogens with zero attached hydrogens (tertiary/aromatic N) is 1. The molecule has 0 radical (unpaired) electrons. The van der Waals surface area contributed by atoms with E-state index in [-0.39, 0.29) is 26.4 Å². The van der Waals surface area contributed by atoms with Crippen molar-refractivity contribution >= 4 is 56.4 Å². The van der Waals surface area contributed by atoms with Gasteiger partial charge in [0.15, 0.2) is 11.5 Å². The van der Waals surface area contributed by atoms with Crippen LogP contribution in [0.25, 0.3) is 6.08 Å². The van der Waals surface area contributed by atoms with E-state index in [2.05, 4.69) is 0 Å². The zero-order chi connectivity index (χ0) is 22.6. The fourth-order valence-corrected chi connectivity index (χ4v) is 5.04. The Morgan fingerprint density at radius 1 is 1.13 bits per heavy atom. The number of halogens is 2. The first-order chi connectivity index (χ1) is 14.8. The number of hydrogen-bond acceptors (Lipinski definition) is 7. The second-order valence-electron chi connectivity index (χ2n) is 5.98. The van der Waals surface area contributed by atoms with Crippen LogP contribution in [-0.4, -0.2) is 21.5 Å². The molecular formula is C21H13Cl2NO5S2. The van der Waals surface area contributed by atoms with Crippen LogP contribution in [0, 0.1) is 11.3 Å². The number of carbonyl (C=O) groups is 1. The SMILES string of the molecule is COc1cc(/C=C(\C#N)S(=O)(=O)c2cc(Cl)ccc2Cl)ccc1OC(=O)c1cccs1. The maximum atomic E-state index is 12.9. The molecule has 1 aromatic heterocycles. The van der Waals surface area contributed by atoms with Crippen LogP contribution in [0.5, 0.6) is 11.5 Å². The molecule has 0 saturated carbocycles. The van der Waals surface area contributed by atoms with Crippen LogP contribution in [0.3, 0.4) is 0 Å². The third-order valence-electron chi connectivity index (χ3n) is 3.99. The number of allylic oxidation sites excluding steroid dienone is 1. The van der Waals surface area contributed by atoms with Crippen LogP contribution in [0.1, 0.15) is 15.2 Å². The van der Waals surface area contributed by atoms with Gasteiger partial charge in [-0.05, 0) is 53.4 Å². The van der Waals surface area contributed by atoms with E-state index in [1.54, 1.807) is 23.6 Å². The first-order valence-electron chi connectivity index (χ1n) is 8.52. The summed E-state index contributed by atoms with van der Waals surface area (Å²) >= 11 is 13.1. The predicted molar refractivity (Wildman–Crippen MR) is 120 cm³/mol. The Kier molecular flexibility index (Phi) is 7.03. The van der Waals surface area contributed by atoms with E-state index in [4.69, 9.17) is 32.7 Å². The van der Waals surface area contributed by atoms with Gasteiger partial charge in [-0.3, -0.25) is 0 Å². The van der Waals surface area contributed by atoms with Gasteiger partial charge in [0.25, 0.3) is 0 Å². The quantitative estimate of drug-likeness (QED) is 0.251. The van der Waals surface area contributed by atoms with Crippen molar-refractivity contribution in [1.29, 1.82) is 5.26 Å². The first-order valence-corrected chi connectivity index (χ1v) is 11.6. The van der Waals surface area contributed by atoms with E-state index in [1.807, 2.05) is 0 Å². The van der Waals surface area contributed by atoms with Crippen LogP contribution in [0.2, 0.25) is 10.0 Å². The van der Waals surface area contributed by atoms with Crippen molar-refractivity contribution in [1.82, 2.24) is 0 Å². The molecule has 0 aliphatic carbocycles. The number of ether oxygens (including phenoxy) is 2. The maximum absolute atomic E-state index is 12.9. The van der Waals surface area contributed by atoms with Gasteiger partial charge in [-0.2, -0.15) is 5.26 Å². The zero-order valence-corrected chi connectivity index (χ0v) is 19.0. The Hall–Kier alpha value is -2.83. The first kappa shape index (κ1) is 22.8. The number of carbonyl (C=O) groups excluding carboxylic acids is 1. The fourth-order valence-electron chi connectivity index (χ4n) is 2.53. The van der Waals surface area contributed by atoms with Crippen molar-refractivity contribution in [3.05, 3.63) is 79.3 Å². The molecule has 0 amide bonds. The van der Waals surface area contributed by atoms with E-state index in [0.29, 0.717) is 10.4 Å². The van der Waals surface area contributed by atoms with Gasteiger partial charge in [0.1, 0.15) is 15.9 Å². The van der Waals surface area contributed by atoms with Crippen LogP contribution < -0.4 is 9.47 Å². The van der Waals surface area contributed by atoms with Crippen molar-refractivity contribution in [3.8, 4) is 17.6 Å². The molecule has 3 aromatic rings. The minimum Gasteiger partial charge on any atom is -0.493 e. The van der Waals surface area contributed by atoms with Gasteiger partial charge in [-0.15, -0.1) is 11.3 Å². The topological polar surface area (TPSA) is 93.5 Å². The van der Waals surface area contributed by atoms with Crippen LogP contribution in [-0.2, 0) is 9.84 Å². The second-order valence-corrected chi connectivity index (χ2v) is 9.65. The molecule has 0 unspecified atom stereocenters. The zero-order valence-electron chi connectivity index (χ0n) is 15.8. The van der Waals surface area contributed by atoms with Crippen molar-refractivity contribution < 1.29 is 22.7 Å². The second kappa shape index (κ2) is 9.54. The lowest BCUT2D eigenvalue weighted by Crippen LogP contribution is -2.07. The van der Waals surface area contributed by atoms with E-state index in [0.717, 1.165) is 0 Å². The Morgan fingerprint density at radius 3 is 2.55 bits per heavy atom. The van der Waals surface area contributed by atoms with Gasteiger partial charge >= 0.3 is 5.97 Å². The molecule has 0 saturated heterocycles. The summed E-state index contributed by atoms with van der Waals surface area (Å²) in [7, 11) is -2.85. The number of hydrogen-bond donors (Lipinski definition) is 0. The van der Waals surface area contributed by atoms with Crippen molar-refractivity contribution in [2.45, 2.75) is 4.90 Å². The monoisotopic (exact) mass is 493 g/mol. The number of rotatable bonds is 6. The molecule has 2 aromatic carbocycles. The summed E-state index contributed by atoms with van der Waals surface area (Å²) in [6.07, 6.45) is 1.17. The third kappa shape index (κ3) is 5.09. The summed E-state index contributed by atoms with van der Waals surface area (Å²) < 4.78 is 36.4. The van der Waals surface area contributed by atoms with Gasteiger partial charge in [0.05, 0.1) is 17.0 Å². The van der Waals surface area contributed by atoms with Gasteiger partial charge in [-0.1, -0.05) is 35.3 Å². The summed E-state index contributed by atoms with van der Waals surface area (Å²) in [6.45, 7) is 0. The Balaban J connectivity index is 1.97. The van der Waals surface area contributed by atoms with E-state index in [9.17, 15) is 18.5 Å². The fraction of sp³-hybridized carbons (Fsp3) is 0.0476. The molecule has 0 atom stereocenters. The molecule has 0 aliphatic heterocycles. The summed E-state index contributed by atoms with van der Waals surface area (Å²) in [4.78, 5) is 11.8. The molecule has 0 fully saturated rings. The van der Waals surface area contributed by atoms with Gasteiger partial charge < -0.3 is 9.47 Å². The normalized spacial score (nSPS) is 11.6. The molecule has 10 heteroatoms. The maximum Gasteiger partial charge on any atom is 0.353 e. The van der Waals surface area contributed by atoms with E-state index in [1.165, 1.54) is 60.9 Å². The Labute approximate surface area is 192 Å². The van der Waals surface area contributed by atoms with Crippen LogP contribution >= 0.6 is 34.5 Å². The van der Waals surface area contributed by atoms with Crippen molar-refractivity contribution in [2.75, 3.05) is 7.11 Å². The van der Waals surface area contributed by atoms with Crippen molar-refractivity contribution in [2.24, 2.45) is 0 Å². The number of nitriles is 1. The molecule has 6 nitrogen and oxygen atoms in total. The van der Waals surface area contributed by atoms with E-state index < -0.39 is 20.7 Å². The summed E-state index contributed by atoms with van der Waals surface area (Å²) in [6, 6.07) is 13.4. The predicted octanol–water partition coefficient (Wildman–Crippen LogP) is 5.62. The summed E-state index contributed by atoms with van der Waals surface area (Å²) in [5.41, 5.74) is 0.339. The molecule has 0 N–H and O–H groups in total. The molecule has 3 rings (SSSR count). The highest BCUT2D eigenvalue weighted by Gasteiger charge is 2.24. The minimum absolute atomic E-state index is 0.0565. The number of methoxy groups -OCH3 is 1. The smallest absolute Gasteiger partial charge is 0.353 e. The van der Waals surface area contributed by atoms with Gasteiger partial charge in [0, 0.05) is 5.02 Å². The molecule has 0 spiro atoms. The summed E-state index contributed by atoms with van der Waals surface area (Å²) in [5, 5.41) is 11.3. The molecule has 1 heterocycles. The molecule has 158 valence electrons. The molecular weight excluding hydrogens is 481 g/mol. The molecule has 31 heavy (non-hydrogen) atoms. The Morgan fingerprint density at radius 2 is 1.90 bits per heavy atom. The minimum atomic E-state index is -4.22. The van der Waals surface area contributed by atoms with Crippen LogP contribution in [0.4, 0.5) is 0 Å². The number of thiophene rings is 1. The lowest BCUT2D eigenvalue weighted by atomic mass is 10.2. The lowest BCUT2D eigenvalue weighted by Gasteiger charge is -2.10. The van der Waals surface area contributed by atoms with Crippen molar-refractivity contribution in [3.63, 3.8) is 0 Å². The number of sulfone groups is 1. The van der Waals surface area contributed by atoms with Gasteiger partial charge in [-0.25, -0.2) is 13.2 Å². The lowest BCUT2D eigenvalue weighted by molar-refractivity contribution is 0.0735. The molecule has 0 bridgehead atoms. The average Bonchev–Trinajstić information content (AvgIpc) is 3.29. The number of benzene rings is 2. The largest absolute Gasteiger partial charge is 0.493 e. The summed E-state index contributed by atoms with van der Waals surface area (Å²) in [5.74, 6) is -0.209. The Bertz CT molecular complexity index is 1310. The van der Waals surface area contributed by atoms with E-state index >= 15 is 0 Å². The highest BCUT2D eigenvalue weighted by atomic mass is 35.5. The standard InChI is InChI=1S/C21H13Cl2NO5S2/c1-28-18-10-13(4-7-17(18)29-21(25)19-3-2-8-30-19)9-15(12-24)31(26,27)20-11-14(22)5-6-16(20)23/h2-11H,1H3/b15-9+. The van der Waals surface area contributed by atoms with Crippen LogP contribution in [0.15, 0.2) is 63.7 Å². The van der Waals surface area contributed by atoms with Gasteiger partial charge in [0.2, 0.25) is 9.84 Å². The number of esters is 1. The highest BCUT2D eigenvalue weighted by molar-refractivity contribution is 7.95. The molecule has 0 aliphatic rings.